The lowest BCUT2D eigenvalue weighted by Crippen LogP contribution is -2.27. The van der Waals surface area contributed by atoms with Gasteiger partial charge in [-0.1, -0.05) is 0 Å². The number of esters is 1. The second-order valence-corrected chi connectivity index (χ2v) is 2.51. The van der Waals surface area contributed by atoms with Crippen molar-refractivity contribution in [2.45, 2.75) is 13.8 Å². The molecule has 0 saturated heterocycles. The molecule has 0 aliphatic heterocycles. The lowest BCUT2D eigenvalue weighted by Gasteiger charge is -2.02. The van der Waals surface area contributed by atoms with E-state index >= 15 is 0 Å². The van der Waals surface area contributed by atoms with Crippen molar-refractivity contribution in [3.05, 3.63) is 11.8 Å². The molecule has 0 aliphatic carbocycles. The second kappa shape index (κ2) is 5.54. The van der Waals surface area contributed by atoms with Gasteiger partial charge >= 0.3 is 5.97 Å². The highest BCUT2D eigenvalue weighted by molar-refractivity contribution is 7.80. The van der Waals surface area contributed by atoms with Gasteiger partial charge in [0.05, 0.1) is 6.61 Å². The van der Waals surface area contributed by atoms with Crippen molar-refractivity contribution in [2.75, 3.05) is 6.61 Å². The van der Waals surface area contributed by atoms with Gasteiger partial charge in [-0.15, -0.1) is 0 Å². The number of hydrogen-bond acceptors (Lipinski definition) is 3. The van der Waals surface area contributed by atoms with Crippen LogP contribution in [-0.2, 0) is 9.53 Å². The zero-order chi connectivity index (χ0) is 9.56. The molecule has 5 heteroatoms. The highest BCUT2D eigenvalue weighted by Crippen LogP contribution is 1.88. The fraction of sp³-hybridized carbons (Fsp3) is 0.429. The predicted molar refractivity (Wildman–Crippen MR) is 50.3 cm³/mol. The Bertz CT molecular complexity index is 213. The zero-order valence-corrected chi connectivity index (χ0v) is 7.90. The van der Waals surface area contributed by atoms with Gasteiger partial charge in [-0.2, -0.15) is 0 Å². The summed E-state index contributed by atoms with van der Waals surface area (Å²) in [5, 5.41) is 2.73. The summed E-state index contributed by atoms with van der Waals surface area (Å²) in [6.07, 6.45) is 1.29. The predicted octanol–water partition coefficient (Wildman–Crippen LogP) is 0.287. The van der Waals surface area contributed by atoms with Crippen LogP contribution in [0.2, 0.25) is 0 Å². The summed E-state index contributed by atoms with van der Waals surface area (Å²) >= 11 is 4.56. The van der Waals surface area contributed by atoms with Crippen LogP contribution >= 0.6 is 12.2 Å². The van der Waals surface area contributed by atoms with E-state index in [9.17, 15) is 4.79 Å². The molecule has 0 amide bonds. The van der Waals surface area contributed by atoms with Gasteiger partial charge in [-0.3, -0.25) is 0 Å². The number of allylic oxidation sites excluding steroid dienone is 1. The first-order chi connectivity index (χ1) is 5.56. The maximum Gasteiger partial charge on any atom is 0.332 e. The molecule has 0 rings (SSSR count). The molecule has 0 aliphatic rings. The first-order valence-electron chi connectivity index (χ1n) is 3.47. The molecule has 0 radical (unpaired) electrons. The van der Waals surface area contributed by atoms with Crippen molar-refractivity contribution in [2.24, 2.45) is 5.73 Å². The number of carbonyl (C=O) groups is 1. The summed E-state index contributed by atoms with van der Waals surface area (Å²) in [5.74, 6) is -0.404. The number of thiocarbonyl (C=S) groups is 1. The van der Waals surface area contributed by atoms with Crippen molar-refractivity contribution < 1.29 is 9.53 Å². The molecule has 68 valence electrons. The maximum absolute atomic E-state index is 10.8. The summed E-state index contributed by atoms with van der Waals surface area (Å²) in [5.41, 5.74) is 5.74. The van der Waals surface area contributed by atoms with Crippen molar-refractivity contribution in [3.63, 3.8) is 0 Å². The number of hydrogen-bond donors (Lipinski definition) is 2. The van der Waals surface area contributed by atoms with E-state index in [1.807, 2.05) is 0 Å². The molecular formula is C7H12N2O2S. The average Bonchev–Trinajstić information content (AvgIpc) is 1.84. The van der Waals surface area contributed by atoms with Gasteiger partial charge in [0, 0.05) is 11.8 Å². The molecule has 0 atom stereocenters. The first kappa shape index (κ1) is 10.9. The van der Waals surface area contributed by atoms with E-state index in [0.717, 1.165) is 0 Å². The number of ether oxygens (including phenoxy) is 1. The molecule has 0 saturated carbocycles. The van der Waals surface area contributed by atoms with E-state index < -0.39 is 5.97 Å². The number of nitrogens with two attached hydrogens (primary N) is 1. The Balaban J connectivity index is 3.97. The van der Waals surface area contributed by atoms with E-state index in [1.165, 1.54) is 6.08 Å². The van der Waals surface area contributed by atoms with Crippen LogP contribution in [0, 0.1) is 0 Å². The molecule has 12 heavy (non-hydrogen) atoms. The van der Waals surface area contributed by atoms with E-state index in [4.69, 9.17) is 5.73 Å². The van der Waals surface area contributed by atoms with Crippen LogP contribution in [0.4, 0.5) is 0 Å². The maximum atomic E-state index is 10.8. The Hall–Kier alpha value is -1.10. The van der Waals surface area contributed by atoms with Crippen LogP contribution in [0.5, 0.6) is 0 Å². The largest absolute Gasteiger partial charge is 0.463 e. The molecule has 3 N–H and O–H groups in total. The molecule has 0 unspecified atom stereocenters. The summed E-state index contributed by atoms with van der Waals surface area (Å²) < 4.78 is 4.65. The van der Waals surface area contributed by atoms with Crippen LogP contribution in [0.1, 0.15) is 13.8 Å². The van der Waals surface area contributed by atoms with E-state index in [2.05, 4.69) is 22.3 Å². The van der Waals surface area contributed by atoms with Crippen molar-refractivity contribution in [1.29, 1.82) is 0 Å². The summed E-state index contributed by atoms with van der Waals surface area (Å²) in [7, 11) is 0. The second-order valence-electron chi connectivity index (χ2n) is 2.07. The molecular weight excluding hydrogens is 176 g/mol. The Kier molecular flexibility index (Phi) is 5.03. The smallest absolute Gasteiger partial charge is 0.332 e. The number of carbonyl (C=O) groups excluding carboxylic acids is 1. The average molecular weight is 188 g/mol. The van der Waals surface area contributed by atoms with Crippen molar-refractivity contribution >= 4 is 23.3 Å². The first-order valence-corrected chi connectivity index (χ1v) is 3.88. The fourth-order valence-corrected chi connectivity index (χ4v) is 0.752. The molecule has 0 aromatic heterocycles. The third kappa shape index (κ3) is 5.67. The minimum absolute atomic E-state index is 0.132. The molecule has 0 spiro atoms. The van der Waals surface area contributed by atoms with Gasteiger partial charge in [-0.25, -0.2) is 4.79 Å². The number of rotatable bonds is 3. The van der Waals surface area contributed by atoms with E-state index in [0.29, 0.717) is 12.3 Å². The SMILES string of the molecule is CCOC(=O)/C=C(/C)NC(N)=S. The minimum atomic E-state index is -0.404. The van der Waals surface area contributed by atoms with Gasteiger partial charge in [0.2, 0.25) is 0 Å². The highest BCUT2D eigenvalue weighted by atomic mass is 32.1. The topological polar surface area (TPSA) is 64.3 Å². The Morgan fingerprint density at radius 1 is 1.75 bits per heavy atom. The van der Waals surface area contributed by atoms with Gasteiger partial charge in [0.25, 0.3) is 0 Å². The van der Waals surface area contributed by atoms with Crippen LogP contribution in [-0.4, -0.2) is 17.7 Å². The van der Waals surface area contributed by atoms with Crippen molar-refractivity contribution in [3.8, 4) is 0 Å². The lowest BCUT2D eigenvalue weighted by atomic mass is 10.4. The molecule has 0 heterocycles. The Morgan fingerprint density at radius 2 is 2.33 bits per heavy atom. The molecule has 0 aromatic rings. The van der Waals surface area contributed by atoms with E-state index in [1.54, 1.807) is 13.8 Å². The van der Waals surface area contributed by atoms with Crippen LogP contribution in [0.3, 0.4) is 0 Å². The highest BCUT2D eigenvalue weighted by Gasteiger charge is 1.97. The summed E-state index contributed by atoms with van der Waals surface area (Å²) in [4.78, 5) is 10.8. The Morgan fingerprint density at radius 3 is 2.75 bits per heavy atom. The van der Waals surface area contributed by atoms with Gasteiger partial charge in [-0.05, 0) is 26.1 Å². The van der Waals surface area contributed by atoms with E-state index in [-0.39, 0.29) is 5.11 Å². The summed E-state index contributed by atoms with van der Waals surface area (Å²) in [6.45, 7) is 3.77. The molecule has 4 nitrogen and oxygen atoms in total. The monoisotopic (exact) mass is 188 g/mol. The molecule has 0 bridgehead atoms. The van der Waals surface area contributed by atoms with Crippen LogP contribution < -0.4 is 11.1 Å². The lowest BCUT2D eigenvalue weighted by molar-refractivity contribution is -0.137. The van der Waals surface area contributed by atoms with Gasteiger partial charge in [0.15, 0.2) is 5.11 Å². The minimum Gasteiger partial charge on any atom is -0.463 e. The normalized spacial score (nSPS) is 10.7. The third-order valence-corrected chi connectivity index (χ3v) is 1.04. The van der Waals surface area contributed by atoms with Gasteiger partial charge in [0.1, 0.15) is 0 Å². The van der Waals surface area contributed by atoms with Crippen LogP contribution in [0.15, 0.2) is 11.8 Å². The standard InChI is InChI=1S/C7H12N2O2S/c1-3-11-6(10)4-5(2)9-7(8)12/h4H,3H2,1-2H3,(H3,8,9,12)/b5-4-. The zero-order valence-electron chi connectivity index (χ0n) is 7.09. The molecule has 0 aromatic carbocycles. The van der Waals surface area contributed by atoms with Crippen molar-refractivity contribution in [1.82, 2.24) is 5.32 Å². The third-order valence-electron chi connectivity index (χ3n) is 0.941. The Labute approximate surface area is 76.8 Å². The quantitative estimate of drug-likeness (QED) is 0.378. The summed E-state index contributed by atoms with van der Waals surface area (Å²) in [6, 6.07) is 0. The number of nitrogens with one attached hydrogen (secondary N) is 1. The van der Waals surface area contributed by atoms with Gasteiger partial charge < -0.3 is 15.8 Å². The fourth-order valence-electron chi connectivity index (χ4n) is 0.591. The van der Waals surface area contributed by atoms with Crippen LogP contribution in [0.25, 0.3) is 0 Å². The molecule has 0 fully saturated rings.